The van der Waals surface area contributed by atoms with Gasteiger partial charge in [0.2, 0.25) is 15.8 Å². The van der Waals surface area contributed by atoms with Crippen molar-refractivity contribution < 1.29 is 22.1 Å². The fourth-order valence-electron chi connectivity index (χ4n) is 3.22. The highest BCUT2D eigenvalue weighted by atomic mass is 32.2. The molecule has 0 aliphatic carbocycles. The van der Waals surface area contributed by atoms with Crippen LogP contribution in [0.4, 0.5) is 4.39 Å². The van der Waals surface area contributed by atoms with Gasteiger partial charge >= 0.3 is 0 Å². The SMILES string of the molecule is CN(C)CCNS(=O)(=O)c1ccc(-c2noc(-c3cnn(C)c3COc3ccc(F)cc3)n2)cc1. The minimum Gasteiger partial charge on any atom is -0.487 e. The molecule has 0 radical (unpaired) electrons. The average Bonchev–Trinajstić information content (AvgIpc) is 3.45. The van der Waals surface area contributed by atoms with E-state index < -0.39 is 10.0 Å². The van der Waals surface area contributed by atoms with Crippen LogP contribution in [0.15, 0.2) is 64.1 Å². The van der Waals surface area contributed by atoms with E-state index >= 15 is 0 Å². The van der Waals surface area contributed by atoms with E-state index in [9.17, 15) is 12.8 Å². The smallest absolute Gasteiger partial charge is 0.261 e. The molecule has 0 aliphatic rings. The van der Waals surface area contributed by atoms with Crippen molar-refractivity contribution in [2.45, 2.75) is 11.5 Å². The predicted molar refractivity (Wildman–Crippen MR) is 126 cm³/mol. The second kappa shape index (κ2) is 10.3. The van der Waals surface area contributed by atoms with Crippen molar-refractivity contribution in [3.05, 3.63) is 66.2 Å². The van der Waals surface area contributed by atoms with Crippen molar-refractivity contribution in [3.8, 4) is 28.6 Å². The van der Waals surface area contributed by atoms with Crippen molar-refractivity contribution in [2.75, 3.05) is 27.2 Å². The summed E-state index contributed by atoms with van der Waals surface area (Å²) in [4.78, 5) is 6.49. The summed E-state index contributed by atoms with van der Waals surface area (Å²) in [7, 11) is 1.89. The van der Waals surface area contributed by atoms with Crippen molar-refractivity contribution in [3.63, 3.8) is 0 Å². The zero-order valence-corrected chi connectivity index (χ0v) is 20.3. The quantitative estimate of drug-likeness (QED) is 0.353. The Morgan fingerprint density at radius 3 is 2.51 bits per heavy atom. The van der Waals surface area contributed by atoms with E-state index in [0.717, 1.165) is 0 Å². The van der Waals surface area contributed by atoms with E-state index in [-0.39, 0.29) is 23.2 Å². The van der Waals surface area contributed by atoms with Crippen LogP contribution in [0.25, 0.3) is 22.8 Å². The van der Waals surface area contributed by atoms with Crippen LogP contribution in [-0.2, 0) is 23.7 Å². The van der Waals surface area contributed by atoms with E-state index in [1.54, 1.807) is 30.1 Å². The molecule has 0 unspecified atom stereocenters. The Morgan fingerprint density at radius 2 is 1.83 bits per heavy atom. The number of aryl methyl sites for hydroxylation is 1. The molecule has 0 fully saturated rings. The number of nitrogens with one attached hydrogen (secondary N) is 1. The van der Waals surface area contributed by atoms with Crippen LogP contribution >= 0.6 is 0 Å². The molecule has 35 heavy (non-hydrogen) atoms. The number of ether oxygens (including phenoxy) is 1. The van der Waals surface area contributed by atoms with Gasteiger partial charge < -0.3 is 14.2 Å². The molecule has 184 valence electrons. The standard InChI is InChI=1S/C23H25FN6O4S/c1-29(2)13-12-26-35(31,32)19-10-4-16(5-11-19)22-27-23(34-28-22)20-14-25-30(3)21(20)15-33-18-8-6-17(24)7-9-18/h4-11,14,26H,12-13,15H2,1-3H3. The lowest BCUT2D eigenvalue weighted by molar-refractivity contribution is 0.294. The minimum atomic E-state index is -3.61. The highest BCUT2D eigenvalue weighted by molar-refractivity contribution is 7.89. The molecule has 4 rings (SSSR count). The Labute approximate surface area is 202 Å². The van der Waals surface area contributed by atoms with Gasteiger partial charge in [-0.2, -0.15) is 10.1 Å². The van der Waals surface area contributed by atoms with Gasteiger partial charge in [0.1, 0.15) is 18.2 Å². The minimum absolute atomic E-state index is 0.149. The monoisotopic (exact) mass is 500 g/mol. The molecule has 0 spiro atoms. The third kappa shape index (κ3) is 5.91. The summed E-state index contributed by atoms with van der Waals surface area (Å²) in [6.07, 6.45) is 1.59. The van der Waals surface area contributed by atoms with Crippen LogP contribution in [0, 0.1) is 5.82 Å². The molecule has 0 bridgehead atoms. The van der Waals surface area contributed by atoms with Crippen LogP contribution in [0.3, 0.4) is 0 Å². The molecule has 4 aromatic rings. The van der Waals surface area contributed by atoms with Gasteiger partial charge in [-0.3, -0.25) is 4.68 Å². The maximum absolute atomic E-state index is 13.1. The van der Waals surface area contributed by atoms with E-state index in [1.165, 1.54) is 36.4 Å². The van der Waals surface area contributed by atoms with Crippen molar-refractivity contribution in [2.24, 2.45) is 7.05 Å². The molecule has 0 aliphatic heterocycles. The number of benzene rings is 2. The summed E-state index contributed by atoms with van der Waals surface area (Å²) >= 11 is 0. The number of hydrogen-bond acceptors (Lipinski definition) is 8. The first-order chi connectivity index (χ1) is 16.7. The van der Waals surface area contributed by atoms with Gasteiger partial charge in [0.25, 0.3) is 5.89 Å². The molecular weight excluding hydrogens is 475 g/mol. The molecule has 0 saturated heterocycles. The lowest BCUT2D eigenvalue weighted by atomic mass is 10.2. The third-order valence-electron chi connectivity index (χ3n) is 5.18. The number of rotatable bonds is 10. The van der Waals surface area contributed by atoms with E-state index in [1.807, 2.05) is 19.0 Å². The van der Waals surface area contributed by atoms with Gasteiger partial charge in [-0.1, -0.05) is 5.16 Å². The van der Waals surface area contributed by atoms with Crippen molar-refractivity contribution >= 4 is 10.0 Å². The molecule has 1 N–H and O–H groups in total. The maximum atomic E-state index is 13.1. The first-order valence-corrected chi connectivity index (χ1v) is 12.2. The number of halogens is 1. The molecule has 0 amide bonds. The third-order valence-corrected chi connectivity index (χ3v) is 6.66. The summed E-state index contributed by atoms with van der Waals surface area (Å²) in [5.74, 6) is 0.714. The molecule has 2 aromatic heterocycles. The van der Waals surface area contributed by atoms with E-state index in [4.69, 9.17) is 9.26 Å². The number of likely N-dealkylation sites (N-methyl/N-ethyl adjacent to an activating group) is 1. The predicted octanol–water partition coefficient (Wildman–Crippen LogP) is 2.70. The summed E-state index contributed by atoms with van der Waals surface area (Å²) in [5.41, 5.74) is 1.88. The van der Waals surface area contributed by atoms with Crippen LogP contribution in [-0.4, -0.2) is 60.4 Å². The van der Waals surface area contributed by atoms with E-state index in [2.05, 4.69) is 20.0 Å². The summed E-state index contributed by atoms with van der Waals surface area (Å²) in [5, 5.41) is 8.27. The lowest BCUT2D eigenvalue weighted by Crippen LogP contribution is -2.31. The van der Waals surface area contributed by atoms with Crippen LogP contribution < -0.4 is 9.46 Å². The molecule has 10 nitrogen and oxygen atoms in total. The normalized spacial score (nSPS) is 11.8. The van der Waals surface area contributed by atoms with Crippen LogP contribution in [0.1, 0.15) is 5.69 Å². The first-order valence-electron chi connectivity index (χ1n) is 10.7. The number of aromatic nitrogens is 4. The number of sulfonamides is 1. The highest BCUT2D eigenvalue weighted by Crippen LogP contribution is 2.26. The largest absolute Gasteiger partial charge is 0.487 e. The van der Waals surface area contributed by atoms with Gasteiger partial charge in [-0.25, -0.2) is 17.5 Å². The van der Waals surface area contributed by atoms with Gasteiger partial charge in [-0.15, -0.1) is 0 Å². The fraction of sp³-hybridized carbons (Fsp3) is 0.261. The van der Waals surface area contributed by atoms with Crippen molar-refractivity contribution in [1.82, 2.24) is 29.5 Å². The zero-order chi connectivity index (χ0) is 25.0. The van der Waals surface area contributed by atoms with Gasteiger partial charge in [0.15, 0.2) is 0 Å². The number of nitrogens with zero attached hydrogens (tertiary/aromatic N) is 5. The maximum Gasteiger partial charge on any atom is 0.261 e. The summed E-state index contributed by atoms with van der Waals surface area (Å²) in [6, 6.07) is 12.0. The molecular formula is C23H25FN6O4S. The Bertz CT molecular complexity index is 1380. The Balaban J connectivity index is 1.48. The fourth-order valence-corrected chi connectivity index (χ4v) is 4.24. The second-order valence-corrected chi connectivity index (χ2v) is 9.79. The zero-order valence-electron chi connectivity index (χ0n) is 19.5. The van der Waals surface area contributed by atoms with Gasteiger partial charge in [0, 0.05) is 25.7 Å². The van der Waals surface area contributed by atoms with Gasteiger partial charge in [-0.05, 0) is 62.6 Å². The van der Waals surface area contributed by atoms with Crippen LogP contribution in [0.5, 0.6) is 5.75 Å². The van der Waals surface area contributed by atoms with E-state index in [0.29, 0.717) is 41.5 Å². The van der Waals surface area contributed by atoms with Crippen molar-refractivity contribution in [1.29, 1.82) is 0 Å². The molecule has 2 aromatic carbocycles. The Morgan fingerprint density at radius 1 is 1.11 bits per heavy atom. The topological polar surface area (TPSA) is 115 Å². The van der Waals surface area contributed by atoms with Crippen LogP contribution in [0.2, 0.25) is 0 Å². The number of hydrogen-bond donors (Lipinski definition) is 1. The highest BCUT2D eigenvalue weighted by Gasteiger charge is 2.19. The second-order valence-electron chi connectivity index (χ2n) is 8.02. The first kappa shape index (κ1) is 24.5. The average molecular weight is 501 g/mol. The summed E-state index contributed by atoms with van der Waals surface area (Å²) in [6.45, 7) is 1.06. The Kier molecular flexibility index (Phi) is 7.24. The molecule has 2 heterocycles. The lowest BCUT2D eigenvalue weighted by Gasteiger charge is -2.11. The summed E-state index contributed by atoms with van der Waals surface area (Å²) < 4.78 is 53.4. The molecule has 0 saturated carbocycles. The Hall–Kier alpha value is -3.61. The molecule has 12 heteroatoms. The van der Waals surface area contributed by atoms with Gasteiger partial charge in [0.05, 0.1) is 22.3 Å². The molecule has 0 atom stereocenters.